The number of alkyl halides is 3. The van der Waals surface area contributed by atoms with Crippen LogP contribution < -0.4 is 20.1 Å². The van der Waals surface area contributed by atoms with E-state index in [-0.39, 0.29) is 35.6 Å². The Morgan fingerprint density at radius 1 is 1.17 bits per heavy atom. The smallest absolute Gasteiger partial charge is 0.416 e. The van der Waals surface area contributed by atoms with E-state index in [1.54, 1.807) is 10.6 Å². The Morgan fingerprint density at radius 2 is 2.03 bits per heavy atom. The molecule has 0 amide bonds. The van der Waals surface area contributed by atoms with Crippen LogP contribution in [0.15, 0.2) is 53.3 Å². The molecule has 35 heavy (non-hydrogen) atoms. The number of aromatic nitrogens is 2. The molecule has 0 N–H and O–H groups in total. The monoisotopic (exact) mass is 489 g/mol. The van der Waals surface area contributed by atoms with E-state index in [0.29, 0.717) is 25.3 Å². The number of hydrogen-bond donors (Lipinski definition) is 0. The van der Waals surface area contributed by atoms with Crippen molar-refractivity contribution in [2.45, 2.75) is 37.4 Å². The molecular formula is C24H19F4N3O4. The van der Waals surface area contributed by atoms with Crippen LogP contribution in [0.1, 0.15) is 17.5 Å². The summed E-state index contributed by atoms with van der Waals surface area (Å²) in [7, 11) is 0. The van der Waals surface area contributed by atoms with Gasteiger partial charge in [0.05, 0.1) is 30.4 Å². The largest absolute Gasteiger partial charge is 0.473 e. The number of nitrogens with zero attached hydrogens (tertiary/aromatic N) is 3. The van der Waals surface area contributed by atoms with Gasteiger partial charge in [0.2, 0.25) is 5.88 Å². The molecule has 1 spiro atoms. The molecule has 2 atom stereocenters. The maximum atomic E-state index is 14.6. The molecule has 11 heteroatoms. The molecule has 2 aromatic carbocycles. The second-order valence-corrected chi connectivity index (χ2v) is 8.97. The van der Waals surface area contributed by atoms with Gasteiger partial charge in [-0.3, -0.25) is 4.57 Å². The number of ether oxygens (including phenoxy) is 3. The summed E-state index contributed by atoms with van der Waals surface area (Å²) in [5, 5.41) is 0. The van der Waals surface area contributed by atoms with E-state index in [1.165, 1.54) is 24.3 Å². The van der Waals surface area contributed by atoms with Crippen LogP contribution in [0.4, 0.5) is 23.4 Å². The molecule has 4 heterocycles. The fourth-order valence-electron chi connectivity index (χ4n) is 5.00. The number of benzene rings is 2. The lowest BCUT2D eigenvalue weighted by Crippen LogP contribution is -2.46. The molecule has 3 aliphatic heterocycles. The number of halogens is 4. The summed E-state index contributed by atoms with van der Waals surface area (Å²) in [6.45, 7) is 1.75. The maximum absolute atomic E-state index is 14.6. The lowest BCUT2D eigenvalue weighted by molar-refractivity contribution is -0.137. The summed E-state index contributed by atoms with van der Waals surface area (Å²) in [4.78, 5) is 18.7. The molecule has 182 valence electrons. The average Bonchev–Trinajstić information content (AvgIpc) is 3.48. The molecule has 2 bridgehead atoms. The first-order chi connectivity index (χ1) is 16.7. The number of fused-ring (bicyclic) bond motifs is 3. The van der Waals surface area contributed by atoms with Crippen molar-refractivity contribution in [3.05, 3.63) is 76.0 Å². The summed E-state index contributed by atoms with van der Waals surface area (Å²) in [6, 6.07) is 9.91. The van der Waals surface area contributed by atoms with E-state index in [9.17, 15) is 22.4 Å². The van der Waals surface area contributed by atoms with E-state index in [0.717, 1.165) is 30.4 Å². The van der Waals surface area contributed by atoms with Gasteiger partial charge in [0.25, 0.3) is 0 Å². The van der Waals surface area contributed by atoms with E-state index >= 15 is 0 Å². The van der Waals surface area contributed by atoms with Gasteiger partial charge in [-0.05, 0) is 35.9 Å². The highest BCUT2D eigenvalue weighted by Gasteiger charge is 2.56. The first kappa shape index (κ1) is 21.9. The third kappa shape index (κ3) is 3.79. The molecule has 0 saturated carbocycles. The Kier molecular flexibility index (Phi) is 4.82. The van der Waals surface area contributed by atoms with Gasteiger partial charge in [0.15, 0.2) is 11.6 Å². The summed E-state index contributed by atoms with van der Waals surface area (Å²) in [5.41, 5.74) is -1.07. The van der Waals surface area contributed by atoms with Crippen LogP contribution in [0.2, 0.25) is 0 Å². The van der Waals surface area contributed by atoms with E-state index < -0.39 is 23.2 Å². The van der Waals surface area contributed by atoms with Crippen molar-refractivity contribution < 1.29 is 31.8 Å². The summed E-state index contributed by atoms with van der Waals surface area (Å²) in [6.07, 6.45) is -3.50. The molecule has 2 saturated heterocycles. The predicted molar refractivity (Wildman–Crippen MR) is 115 cm³/mol. The molecule has 6 rings (SSSR count). The quantitative estimate of drug-likeness (QED) is 0.503. The van der Waals surface area contributed by atoms with Crippen molar-refractivity contribution in [3.63, 3.8) is 0 Å². The van der Waals surface area contributed by atoms with Gasteiger partial charge in [-0.15, -0.1) is 0 Å². The highest BCUT2D eigenvalue weighted by molar-refractivity contribution is 5.52. The van der Waals surface area contributed by atoms with E-state index in [2.05, 4.69) is 9.88 Å². The van der Waals surface area contributed by atoms with Gasteiger partial charge in [-0.1, -0.05) is 12.1 Å². The van der Waals surface area contributed by atoms with Crippen LogP contribution in [0.3, 0.4) is 0 Å². The topological polar surface area (TPSA) is 65.8 Å². The third-order valence-corrected chi connectivity index (χ3v) is 6.62. The Hall–Kier alpha value is -3.60. The van der Waals surface area contributed by atoms with Crippen molar-refractivity contribution in [1.29, 1.82) is 0 Å². The Morgan fingerprint density at radius 3 is 2.80 bits per heavy atom. The first-order valence-corrected chi connectivity index (χ1v) is 11.0. The normalized spacial score (nSPS) is 22.3. The van der Waals surface area contributed by atoms with Gasteiger partial charge in [0, 0.05) is 19.0 Å². The molecule has 2 fully saturated rings. The molecular weight excluding hydrogens is 470 g/mol. The summed E-state index contributed by atoms with van der Waals surface area (Å²) >= 11 is 0. The zero-order valence-corrected chi connectivity index (χ0v) is 18.2. The van der Waals surface area contributed by atoms with Crippen LogP contribution in [0, 0.1) is 5.82 Å². The van der Waals surface area contributed by atoms with Gasteiger partial charge in [-0.2, -0.15) is 18.2 Å². The van der Waals surface area contributed by atoms with Gasteiger partial charge < -0.3 is 19.1 Å². The fraction of sp³-hybridized carbons (Fsp3) is 0.333. The van der Waals surface area contributed by atoms with Gasteiger partial charge >= 0.3 is 11.9 Å². The lowest BCUT2D eigenvalue weighted by atomic mass is 10.0. The summed E-state index contributed by atoms with van der Waals surface area (Å²) < 4.78 is 71.6. The number of anilines is 1. The molecule has 0 aliphatic carbocycles. The molecule has 0 unspecified atom stereocenters. The second kappa shape index (κ2) is 7.70. The molecule has 3 aromatic rings. The average molecular weight is 489 g/mol. The minimum atomic E-state index is -4.53. The SMILES string of the molecule is O=c1nc(OCc2ccc(Oc3cccc(C(F)(F)F)c3)c(F)c2)cc2n1C[C@]13CO[C@H](CN21)C3. The number of hydrogen-bond acceptors (Lipinski definition) is 6. The van der Waals surface area contributed by atoms with Crippen molar-refractivity contribution in [2.75, 3.05) is 18.1 Å². The van der Waals surface area contributed by atoms with Crippen molar-refractivity contribution in [3.8, 4) is 17.4 Å². The van der Waals surface area contributed by atoms with Gasteiger partial charge in [0.1, 0.15) is 18.2 Å². The van der Waals surface area contributed by atoms with Crippen LogP contribution in [-0.4, -0.2) is 34.3 Å². The molecule has 3 aliphatic rings. The van der Waals surface area contributed by atoms with Crippen LogP contribution >= 0.6 is 0 Å². The van der Waals surface area contributed by atoms with Crippen LogP contribution in [0.5, 0.6) is 17.4 Å². The summed E-state index contributed by atoms with van der Waals surface area (Å²) in [5.74, 6) is -0.253. The van der Waals surface area contributed by atoms with Crippen molar-refractivity contribution in [1.82, 2.24) is 9.55 Å². The highest BCUT2D eigenvalue weighted by atomic mass is 19.4. The predicted octanol–water partition coefficient (Wildman–Crippen LogP) is 4.13. The number of rotatable bonds is 5. The van der Waals surface area contributed by atoms with Crippen molar-refractivity contribution in [2.24, 2.45) is 0 Å². The lowest BCUT2D eigenvalue weighted by Gasteiger charge is -2.32. The molecule has 0 radical (unpaired) electrons. The van der Waals surface area contributed by atoms with Crippen LogP contribution in [0.25, 0.3) is 0 Å². The minimum absolute atomic E-state index is 0.0620. The minimum Gasteiger partial charge on any atom is -0.473 e. The standard InChI is InChI=1S/C24H19F4N3O4/c25-18-6-14(4-5-19(18)35-16-3-1-2-15(7-16)24(26,27)28)11-33-20-8-21-30(22(32)29-20)12-23-9-17(34-13-23)10-31(21)23/h1-8,17H,9-13H2/t17-,23+/m0/s1. The van der Waals surface area contributed by atoms with E-state index in [1.807, 2.05) is 0 Å². The maximum Gasteiger partial charge on any atom is 0.416 e. The van der Waals surface area contributed by atoms with Gasteiger partial charge in [-0.25, -0.2) is 9.18 Å². The fourth-order valence-corrected chi connectivity index (χ4v) is 5.00. The van der Waals surface area contributed by atoms with E-state index in [4.69, 9.17) is 14.2 Å². The Labute approximate surface area is 196 Å². The zero-order valence-electron chi connectivity index (χ0n) is 18.2. The van der Waals surface area contributed by atoms with Crippen molar-refractivity contribution >= 4 is 5.82 Å². The second-order valence-electron chi connectivity index (χ2n) is 8.97. The number of morpholine rings is 1. The Balaban J connectivity index is 1.16. The zero-order chi connectivity index (χ0) is 24.4. The Bertz CT molecular complexity index is 1380. The highest BCUT2D eigenvalue weighted by Crippen LogP contribution is 2.46. The molecule has 7 nitrogen and oxygen atoms in total. The van der Waals surface area contributed by atoms with Crippen LogP contribution in [-0.2, 0) is 24.1 Å². The molecule has 1 aromatic heterocycles. The first-order valence-electron chi connectivity index (χ1n) is 11.0. The third-order valence-electron chi connectivity index (χ3n) is 6.62.